The van der Waals surface area contributed by atoms with Crippen LogP contribution in [-0.2, 0) is 22.4 Å². The maximum absolute atomic E-state index is 12.2. The van der Waals surface area contributed by atoms with Gasteiger partial charge in [0.1, 0.15) is 0 Å². The van der Waals surface area contributed by atoms with Gasteiger partial charge >= 0.3 is 0 Å². The van der Waals surface area contributed by atoms with Crippen LogP contribution in [0.15, 0.2) is 53.9 Å². The topological polar surface area (TPSA) is 71.1 Å². The summed E-state index contributed by atoms with van der Waals surface area (Å²) in [6, 6.07) is 16.0. The summed E-state index contributed by atoms with van der Waals surface area (Å²) < 4.78 is 0. The number of aromatic nitrogens is 1. The van der Waals surface area contributed by atoms with Crippen molar-refractivity contribution in [3.63, 3.8) is 0 Å². The predicted molar refractivity (Wildman–Crippen MR) is 128 cm³/mol. The van der Waals surface area contributed by atoms with E-state index >= 15 is 0 Å². The van der Waals surface area contributed by atoms with E-state index in [4.69, 9.17) is 11.6 Å². The number of rotatable bonds is 10. The SMILES string of the molecule is CC(=O)NCCCc1ccc(-c2csc(NC(=O)CCCc3ccc(Cl)cc3)n2)cc1. The lowest BCUT2D eigenvalue weighted by Crippen LogP contribution is -2.21. The molecule has 1 aromatic heterocycles. The van der Waals surface area contributed by atoms with E-state index in [2.05, 4.69) is 27.8 Å². The van der Waals surface area contributed by atoms with Crippen molar-refractivity contribution in [3.05, 3.63) is 70.1 Å². The molecule has 2 amide bonds. The molecule has 162 valence electrons. The molecule has 0 spiro atoms. The largest absolute Gasteiger partial charge is 0.356 e. The molecular formula is C24H26ClN3O2S. The standard InChI is InChI=1S/C24H26ClN3O2S/c1-17(29)26-15-3-5-19-7-11-20(12-8-19)22-16-31-24(27-22)28-23(30)6-2-4-18-9-13-21(25)14-10-18/h7-14,16H,2-6,15H2,1H3,(H,26,29)(H,27,28,30). The van der Waals surface area contributed by atoms with Crippen LogP contribution in [0.25, 0.3) is 11.3 Å². The number of thiazole rings is 1. The zero-order valence-corrected chi connectivity index (χ0v) is 19.1. The minimum Gasteiger partial charge on any atom is -0.356 e. The van der Waals surface area contributed by atoms with E-state index < -0.39 is 0 Å². The van der Waals surface area contributed by atoms with Crippen molar-refractivity contribution in [2.45, 2.75) is 39.0 Å². The van der Waals surface area contributed by atoms with Gasteiger partial charge in [-0.1, -0.05) is 48.0 Å². The number of anilines is 1. The van der Waals surface area contributed by atoms with E-state index in [0.717, 1.165) is 42.0 Å². The van der Waals surface area contributed by atoms with Crippen molar-refractivity contribution in [3.8, 4) is 11.3 Å². The van der Waals surface area contributed by atoms with Gasteiger partial charge in [0.05, 0.1) is 5.69 Å². The van der Waals surface area contributed by atoms with Crippen LogP contribution < -0.4 is 10.6 Å². The van der Waals surface area contributed by atoms with Gasteiger partial charge in [-0.05, 0) is 48.9 Å². The molecule has 5 nitrogen and oxygen atoms in total. The summed E-state index contributed by atoms with van der Waals surface area (Å²) in [7, 11) is 0. The Balaban J connectivity index is 1.44. The summed E-state index contributed by atoms with van der Waals surface area (Å²) in [5, 5.41) is 8.99. The Labute approximate surface area is 191 Å². The molecule has 0 radical (unpaired) electrons. The Morgan fingerprint density at radius 2 is 1.61 bits per heavy atom. The molecule has 1 heterocycles. The third-order valence-corrected chi connectivity index (χ3v) is 5.81. The molecule has 7 heteroatoms. The van der Waals surface area contributed by atoms with Crippen LogP contribution in [0.4, 0.5) is 5.13 Å². The van der Waals surface area contributed by atoms with E-state index in [1.165, 1.54) is 29.4 Å². The highest BCUT2D eigenvalue weighted by atomic mass is 35.5. The number of hydrogen-bond acceptors (Lipinski definition) is 4. The lowest BCUT2D eigenvalue weighted by atomic mass is 10.1. The first-order valence-corrected chi connectivity index (χ1v) is 11.6. The first kappa shape index (κ1) is 23.0. The Morgan fingerprint density at radius 3 is 2.29 bits per heavy atom. The monoisotopic (exact) mass is 455 g/mol. The third kappa shape index (κ3) is 7.81. The van der Waals surface area contributed by atoms with E-state index in [9.17, 15) is 9.59 Å². The molecule has 0 unspecified atom stereocenters. The van der Waals surface area contributed by atoms with Gasteiger partial charge in [-0.3, -0.25) is 9.59 Å². The van der Waals surface area contributed by atoms with E-state index in [1.807, 2.05) is 41.8 Å². The van der Waals surface area contributed by atoms with Crippen LogP contribution in [0.1, 0.15) is 37.3 Å². The molecule has 0 saturated heterocycles. The summed E-state index contributed by atoms with van der Waals surface area (Å²) in [5.74, 6) is -0.0206. The highest BCUT2D eigenvalue weighted by Gasteiger charge is 2.08. The zero-order chi connectivity index (χ0) is 22.1. The number of nitrogens with zero attached hydrogens (tertiary/aromatic N) is 1. The molecular weight excluding hydrogens is 430 g/mol. The van der Waals surface area contributed by atoms with E-state index in [-0.39, 0.29) is 11.8 Å². The van der Waals surface area contributed by atoms with Crippen LogP contribution >= 0.6 is 22.9 Å². The molecule has 0 bridgehead atoms. The summed E-state index contributed by atoms with van der Waals surface area (Å²) in [6.45, 7) is 2.21. The molecule has 0 atom stereocenters. The van der Waals surface area contributed by atoms with Gasteiger partial charge in [-0.25, -0.2) is 4.98 Å². The van der Waals surface area contributed by atoms with Gasteiger partial charge < -0.3 is 10.6 Å². The lowest BCUT2D eigenvalue weighted by molar-refractivity contribution is -0.119. The van der Waals surface area contributed by atoms with Gasteiger partial charge in [0.15, 0.2) is 5.13 Å². The quantitative estimate of drug-likeness (QED) is 0.397. The van der Waals surface area contributed by atoms with Gasteiger partial charge in [0.25, 0.3) is 0 Å². The van der Waals surface area contributed by atoms with Crippen molar-refractivity contribution in [2.24, 2.45) is 0 Å². The average molecular weight is 456 g/mol. The molecule has 3 rings (SSSR count). The van der Waals surface area contributed by atoms with Crippen LogP contribution in [0, 0.1) is 0 Å². The molecule has 31 heavy (non-hydrogen) atoms. The fourth-order valence-electron chi connectivity index (χ4n) is 3.15. The second-order valence-electron chi connectivity index (χ2n) is 7.35. The molecule has 0 aliphatic heterocycles. The maximum Gasteiger partial charge on any atom is 0.226 e. The Hall–Kier alpha value is -2.70. The molecule has 3 aromatic rings. The zero-order valence-electron chi connectivity index (χ0n) is 17.5. The molecule has 0 saturated carbocycles. The Bertz CT molecular complexity index is 1000. The third-order valence-electron chi connectivity index (χ3n) is 4.80. The molecule has 0 aliphatic rings. The van der Waals surface area contributed by atoms with Crippen molar-refractivity contribution in [1.82, 2.24) is 10.3 Å². The fourth-order valence-corrected chi connectivity index (χ4v) is 4.01. The first-order chi connectivity index (χ1) is 15.0. The summed E-state index contributed by atoms with van der Waals surface area (Å²) in [6.07, 6.45) is 3.88. The van der Waals surface area contributed by atoms with Crippen molar-refractivity contribution in [2.75, 3.05) is 11.9 Å². The van der Waals surface area contributed by atoms with Gasteiger partial charge in [-0.2, -0.15) is 0 Å². The van der Waals surface area contributed by atoms with Crippen LogP contribution in [0.2, 0.25) is 5.02 Å². The fraction of sp³-hybridized carbons (Fsp3) is 0.292. The Morgan fingerprint density at radius 1 is 0.968 bits per heavy atom. The Kier molecular flexibility index (Phi) is 8.62. The van der Waals surface area contributed by atoms with Crippen molar-refractivity contribution >= 4 is 39.9 Å². The van der Waals surface area contributed by atoms with Gasteiger partial charge in [0, 0.05) is 35.9 Å². The number of nitrogens with one attached hydrogen (secondary N) is 2. The summed E-state index contributed by atoms with van der Waals surface area (Å²) in [4.78, 5) is 27.7. The second-order valence-corrected chi connectivity index (χ2v) is 8.64. The van der Waals surface area contributed by atoms with Crippen molar-refractivity contribution in [1.29, 1.82) is 0 Å². The highest BCUT2D eigenvalue weighted by molar-refractivity contribution is 7.14. The number of aryl methyl sites for hydroxylation is 2. The lowest BCUT2D eigenvalue weighted by Gasteiger charge is -2.04. The molecule has 2 aromatic carbocycles. The number of benzene rings is 2. The smallest absolute Gasteiger partial charge is 0.226 e. The number of hydrogen-bond donors (Lipinski definition) is 2. The van der Waals surface area contributed by atoms with E-state index in [1.54, 1.807) is 0 Å². The number of amides is 2. The molecule has 0 fully saturated rings. The normalized spacial score (nSPS) is 10.6. The number of carbonyl (C=O) groups excluding carboxylic acids is 2. The average Bonchev–Trinajstić information content (AvgIpc) is 3.21. The predicted octanol–water partition coefficient (Wildman–Crippen LogP) is 5.49. The van der Waals surface area contributed by atoms with Gasteiger partial charge in [0.2, 0.25) is 11.8 Å². The molecule has 0 aliphatic carbocycles. The summed E-state index contributed by atoms with van der Waals surface area (Å²) >= 11 is 7.32. The minimum atomic E-state index is -0.0237. The number of halogens is 1. The summed E-state index contributed by atoms with van der Waals surface area (Å²) in [5.41, 5.74) is 4.27. The van der Waals surface area contributed by atoms with Crippen molar-refractivity contribution < 1.29 is 9.59 Å². The number of carbonyl (C=O) groups is 2. The highest BCUT2D eigenvalue weighted by Crippen LogP contribution is 2.25. The van der Waals surface area contributed by atoms with Crippen LogP contribution in [-0.4, -0.2) is 23.3 Å². The maximum atomic E-state index is 12.2. The molecule has 2 N–H and O–H groups in total. The van der Waals surface area contributed by atoms with E-state index in [0.29, 0.717) is 18.1 Å². The second kappa shape index (κ2) is 11.6. The van der Waals surface area contributed by atoms with Crippen LogP contribution in [0.3, 0.4) is 0 Å². The van der Waals surface area contributed by atoms with Gasteiger partial charge in [-0.15, -0.1) is 11.3 Å². The first-order valence-electron chi connectivity index (χ1n) is 10.3. The minimum absolute atomic E-state index is 0.00308. The van der Waals surface area contributed by atoms with Crippen LogP contribution in [0.5, 0.6) is 0 Å².